The van der Waals surface area contributed by atoms with Crippen molar-refractivity contribution in [1.29, 1.82) is 0 Å². The van der Waals surface area contributed by atoms with Crippen LogP contribution in [-0.2, 0) is 0 Å². The van der Waals surface area contributed by atoms with E-state index in [2.05, 4.69) is 17.6 Å². The van der Waals surface area contributed by atoms with Crippen LogP contribution in [-0.4, -0.2) is 25.7 Å². The normalized spacial score (nSPS) is 29.7. The maximum Gasteiger partial charge on any atom is 0.0192 e. The molecule has 0 aromatic carbocycles. The van der Waals surface area contributed by atoms with E-state index < -0.39 is 0 Å². The van der Waals surface area contributed by atoms with Gasteiger partial charge in [-0.3, -0.25) is 0 Å². The minimum atomic E-state index is 0.604. The van der Waals surface area contributed by atoms with Gasteiger partial charge in [-0.25, -0.2) is 0 Å². The quantitative estimate of drug-likeness (QED) is 0.524. The Bertz CT molecular complexity index is 65.3. The molecule has 0 aromatic rings. The van der Waals surface area contributed by atoms with E-state index in [1.54, 1.807) is 0 Å². The summed E-state index contributed by atoms with van der Waals surface area (Å²) >= 11 is 0. The lowest BCUT2D eigenvalue weighted by Crippen LogP contribution is -2.34. The van der Waals surface area contributed by atoms with Crippen LogP contribution in [0.25, 0.3) is 0 Å². The molecule has 2 heteroatoms. The molecule has 1 aliphatic heterocycles. The fraction of sp³-hybridized carbons (Fsp3) is 0.857. The van der Waals surface area contributed by atoms with Crippen molar-refractivity contribution < 1.29 is 0 Å². The SMILES string of the molecule is [CH2]CC1CNCCCN1. The zero-order chi connectivity index (χ0) is 6.53. The number of hydrogen-bond acceptors (Lipinski definition) is 2. The molecule has 1 fully saturated rings. The van der Waals surface area contributed by atoms with Crippen LogP contribution in [0.2, 0.25) is 0 Å². The van der Waals surface area contributed by atoms with E-state index in [-0.39, 0.29) is 0 Å². The lowest BCUT2D eigenvalue weighted by Gasteiger charge is -2.11. The number of rotatable bonds is 1. The molecule has 0 aromatic heterocycles. The van der Waals surface area contributed by atoms with Gasteiger partial charge in [0.2, 0.25) is 0 Å². The van der Waals surface area contributed by atoms with Crippen molar-refractivity contribution in [2.24, 2.45) is 0 Å². The van der Waals surface area contributed by atoms with Gasteiger partial charge >= 0.3 is 0 Å². The summed E-state index contributed by atoms with van der Waals surface area (Å²) in [4.78, 5) is 0. The Labute approximate surface area is 57.0 Å². The average molecular weight is 127 g/mol. The standard InChI is InChI=1S/C7H15N2/c1-2-7-6-8-4-3-5-9-7/h7-9H,1-6H2. The van der Waals surface area contributed by atoms with Crippen molar-refractivity contribution in [2.75, 3.05) is 19.6 Å². The highest BCUT2D eigenvalue weighted by atomic mass is 15.0. The molecule has 1 atom stereocenters. The molecule has 0 spiro atoms. The third kappa shape index (κ3) is 2.33. The Morgan fingerprint density at radius 1 is 1.44 bits per heavy atom. The van der Waals surface area contributed by atoms with E-state index >= 15 is 0 Å². The lowest BCUT2D eigenvalue weighted by molar-refractivity contribution is 0.531. The topological polar surface area (TPSA) is 24.1 Å². The Hall–Kier alpha value is -0.0800. The van der Waals surface area contributed by atoms with Crippen molar-refractivity contribution in [3.05, 3.63) is 6.92 Å². The van der Waals surface area contributed by atoms with Gasteiger partial charge in [-0.05, 0) is 25.9 Å². The molecule has 53 valence electrons. The fourth-order valence-electron chi connectivity index (χ4n) is 1.07. The molecule has 1 aliphatic rings. The van der Waals surface area contributed by atoms with E-state index in [0.29, 0.717) is 6.04 Å². The van der Waals surface area contributed by atoms with Crippen molar-refractivity contribution in [2.45, 2.75) is 18.9 Å². The van der Waals surface area contributed by atoms with Gasteiger partial charge in [0.1, 0.15) is 0 Å². The van der Waals surface area contributed by atoms with Gasteiger partial charge < -0.3 is 10.6 Å². The second-order valence-corrected chi connectivity index (χ2v) is 2.50. The van der Waals surface area contributed by atoms with Crippen LogP contribution in [0.5, 0.6) is 0 Å². The summed E-state index contributed by atoms with van der Waals surface area (Å²) in [7, 11) is 0. The summed E-state index contributed by atoms with van der Waals surface area (Å²) in [5.74, 6) is 0. The highest BCUT2D eigenvalue weighted by Crippen LogP contribution is 1.91. The Balaban J connectivity index is 2.18. The van der Waals surface area contributed by atoms with Gasteiger partial charge in [-0.2, -0.15) is 0 Å². The van der Waals surface area contributed by atoms with Crippen LogP contribution in [0.4, 0.5) is 0 Å². The largest absolute Gasteiger partial charge is 0.315 e. The molecule has 0 saturated carbocycles. The Morgan fingerprint density at radius 2 is 2.33 bits per heavy atom. The highest BCUT2D eigenvalue weighted by molar-refractivity contribution is 4.73. The summed E-state index contributed by atoms with van der Waals surface area (Å²) in [6.45, 7) is 7.24. The molecule has 2 nitrogen and oxygen atoms in total. The fourth-order valence-corrected chi connectivity index (χ4v) is 1.07. The second-order valence-electron chi connectivity index (χ2n) is 2.50. The third-order valence-corrected chi connectivity index (χ3v) is 1.70. The van der Waals surface area contributed by atoms with Gasteiger partial charge in [0.15, 0.2) is 0 Å². The van der Waals surface area contributed by atoms with Gasteiger partial charge in [0, 0.05) is 12.6 Å². The van der Waals surface area contributed by atoms with Crippen molar-refractivity contribution in [1.82, 2.24) is 10.6 Å². The molecule has 1 rings (SSSR count). The van der Waals surface area contributed by atoms with Crippen LogP contribution in [0, 0.1) is 6.92 Å². The molecule has 0 bridgehead atoms. The van der Waals surface area contributed by atoms with Crippen LogP contribution in [0.1, 0.15) is 12.8 Å². The van der Waals surface area contributed by atoms with Crippen molar-refractivity contribution >= 4 is 0 Å². The predicted octanol–water partition coefficient (Wildman–Crippen LogP) is 0.162. The van der Waals surface area contributed by atoms with Gasteiger partial charge in [-0.15, -0.1) is 0 Å². The zero-order valence-electron chi connectivity index (χ0n) is 5.82. The smallest absolute Gasteiger partial charge is 0.0192 e. The van der Waals surface area contributed by atoms with Crippen molar-refractivity contribution in [3.8, 4) is 0 Å². The molecule has 1 radical (unpaired) electrons. The monoisotopic (exact) mass is 127 g/mol. The molecule has 0 aliphatic carbocycles. The first-order valence-corrected chi connectivity index (χ1v) is 3.67. The van der Waals surface area contributed by atoms with E-state index in [9.17, 15) is 0 Å². The summed E-state index contributed by atoms with van der Waals surface area (Å²) < 4.78 is 0. The maximum absolute atomic E-state index is 3.85. The minimum Gasteiger partial charge on any atom is -0.315 e. The lowest BCUT2D eigenvalue weighted by atomic mass is 10.2. The van der Waals surface area contributed by atoms with E-state index in [1.807, 2.05) is 0 Å². The highest BCUT2D eigenvalue weighted by Gasteiger charge is 2.06. The Kier molecular flexibility index (Phi) is 3.01. The first-order valence-electron chi connectivity index (χ1n) is 3.67. The van der Waals surface area contributed by atoms with Crippen molar-refractivity contribution in [3.63, 3.8) is 0 Å². The van der Waals surface area contributed by atoms with E-state index in [0.717, 1.165) is 26.1 Å². The molecule has 1 saturated heterocycles. The van der Waals surface area contributed by atoms with Crippen LogP contribution in [0.15, 0.2) is 0 Å². The van der Waals surface area contributed by atoms with Gasteiger partial charge in [0.05, 0.1) is 0 Å². The average Bonchev–Trinajstić information content (AvgIpc) is 2.13. The number of nitrogens with one attached hydrogen (secondary N) is 2. The van der Waals surface area contributed by atoms with E-state index in [4.69, 9.17) is 0 Å². The molecule has 0 amide bonds. The summed E-state index contributed by atoms with van der Waals surface area (Å²) in [6, 6.07) is 0.604. The van der Waals surface area contributed by atoms with Crippen LogP contribution >= 0.6 is 0 Å². The molecular weight excluding hydrogens is 112 g/mol. The third-order valence-electron chi connectivity index (χ3n) is 1.70. The first kappa shape index (κ1) is 7.03. The molecular formula is C7H15N2. The molecule has 1 heterocycles. The second kappa shape index (κ2) is 3.85. The maximum atomic E-state index is 3.85. The zero-order valence-corrected chi connectivity index (χ0v) is 5.82. The molecule has 2 N–H and O–H groups in total. The summed E-state index contributed by atoms with van der Waals surface area (Å²) in [6.07, 6.45) is 2.24. The Morgan fingerprint density at radius 3 is 3.11 bits per heavy atom. The molecule has 1 unspecified atom stereocenters. The van der Waals surface area contributed by atoms with E-state index in [1.165, 1.54) is 6.42 Å². The first-order chi connectivity index (χ1) is 4.43. The van der Waals surface area contributed by atoms with Gasteiger partial charge in [0.25, 0.3) is 0 Å². The minimum absolute atomic E-state index is 0.604. The van der Waals surface area contributed by atoms with Crippen LogP contribution < -0.4 is 10.6 Å². The predicted molar refractivity (Wildman–Crippen MR) is 39.3 cm³/mol. The summed E-state index contributed by atoms with van der Waals surface area (Å²) in [5.41, 5.74) is 0. The van der Waals surface area contributed by atoms with Crippen LogP contribution in [0.3, 0.4) is 0 Å². The molecule has 9 heavy (non-hydrogen) atoms. The number of hydrogen-bond donors (Lipinski definition) is 2. The van der Waals surface area contributed by atoms with Gasteiger partial charge in [-0.1, -0.05) is 6.92 Å². The summed E-state index contributed by atoms with van der Waals surface area (Å²) in [5, 5.41) is 6.75.